The van der Waals surface area contributed by atoms with Crippen molar-refractivity contribution in [1.82, 2.24) is 0 Å². The van der Waals surface area contributed by atoms with Gasteiger partial charge in [-0.25, -0.2) is 0 Å². The Morgan fingerprint density at radius 2 is 1.27 bits per heavy atom. The molecule has 0 heterocycles. The van der Waals surface area contributed by atoms with Crippen molar-refractivity contribution in [2.45, 2.75) is 6.92 Å². The fourth-order valence-corrected chi connectivity index (χ4v) is 2.22. The SMILES string of the molecule is Cc1ccc(-c2ccc(C=Nc3ccc(N)cc3)cc2)cc1. The van der Waals surface area contributed by atoms with Crippen molar-refractivity contribution in [3.05, 3.63) is 83.9 Å². The average molecular weight is 286 g/mol. The number of hydrogen-bond acceptors (Lipinski definition) is 2. The van der Waals surface area contributed by atoms with Gasteiger partial charge in [-0.3, -0.25) is 4.99 Å². The highest BCUT2D eigenvalue weighted by Crippen LogP contribution is 2.20. The summed E-state index contributed by atoms with van der Waals surface area (Å²) in [7, 11) is 0. The summed E-state index contributed by atoms with van der Waals surface area (Å²) in [5, 5.41) is 0. The van der Waals surface area contributed by atoms with Crippen molar-refractivity contribution in [2.24, 2.45) is 4.99 Å². The molecule has 0 amide bonds. The van der Waals surface area contributed by atoms with E-state index in [0.29, 0.717) is 0 Å². The second-order valence-corrected chi connectivity index (χ2v) is 5.34. The summed E-state index contributed by atoms with van der Waals surface area (Å²) in [5.74, 6) is 0. The van der Waals surface area contributed by atoms with Crippen LogP contribution in [0.3, 0.4) is 0 Å². The summed E-state index contributed by atoms with van der Waals surface area (Å²) in [5.41, 5.74) is 12.1. The van der Waals surface area contributed by atoms with E-state index in [-0.39, 0.29) is 0 Å². The molecule has 2 heteroatoms. The minimum atomic E-state index is 0.751. The number of nitrogen functional groups attached to an aromatic ring is 1. The Morgan fingerprint density at radius 1 is 0.727 bits per heavy atom. The molecule has 0 aliphatic carbocycles. The van der Waals surface area contributed by atoms with Crippen LogP contribution in [0.1, 0.15) is 11.1 Å². The molecule has 0 atom stereocenters. The zero-order valence-corrected chi connectivity index (χ0v) is 12.5. The first-order chi connectivity index (χ1) is 10.7. The quantitative estimate of drug-likeness (QED) is 0.534. The monoisotopic (exact) mass is 286 g/mol. The molecule has 0 bridgehead atoms. The predicted octanol–water partition coefficient (Wildman–Crippen LogP) is 4.99. The Morgan fingerprint density at radius 3 is 1.86 bits per heavy atom. The number of anilines is 1. The summed E-state index contributed by atoms with van der Waals surface area (Å²) in [4.78, 5) is 4.45. The lowest BCUT2D eigenvalue weighted by Crippen LogP contribution is -1.83. The highest BCUT2D eigenvalue weighted by molar-refractivity contribution is 5.83. The zero-order chi connectivity index (χ0) is 15.4. The lowest BCUT2D eigenvalue weighted by molar-refractivity contribution is 1.47. The van der Waals surface area contributed by atoms with Crippen LogP contribution in [0.2, 0.25) is 0 Å². The van der Waals surface area contributed by atoms with E-state index >= 15 is 0 Å². The van der Waals surface area contributed by atoms with Gasteiger partial charge in [-0.2, -0.15) is 0 Å². The lowest BCUT2D eigenvalue weighted by atomic mass is 10.0. The Labute approximate surface area is 131 Å². The second kappa shape index (κ2) is 6.27. The lowest BCUT2D eigenvalue weighted by Gasteiger charge is -2.03. The van der Waals surface area contributed by atoms with Crippen LogP contribution in [-0.4, -0.2) is 6.21 Å². The van der Waals surface area contributed by atoms with Crippen molar-refractivity contribution >= 4 is 17.6 Å². The molecule has 22 heavy (non-hydrogen) atoms. The Bertz CT molecular complexity index is 767. The second-order valence-electron chi connectivity index (χ2n) is 5.34. The molecule has 0 aliphatic heterocycles. The fraction of sp³-hybridized carbons (Fsp3) is 0.0500. The maximum absolute atomic E-state index is 5.66. The summed E-state index contributed by atoms with van der Waals surface area (Å²) < 4.78 is 0. The summed E-state index contributed by atoms with van der Waals surface area (Å²) in [6, 6.07) is 24.5. The fourth-order valence-electron chi connectivity index (χ4n) is 2.22. The molecule has 0 saturated carbocycles. The van der Waals surface area contributed by atoms with Gasteiger partial charge in [0.15, 0.2) is 0 Å². The van der Waals surface area contributed by atoms with Crippen LogP contribution in [0, 0.1) is 6.92 Å². The molecular weight excluding hydrogens is 268 g/mol. The van der Waals surface area contributed by atoms with Gasteiger partial charge in [0.25, 0.3) is 0 Å². The van der Waals surface area contributed by atoms with Crippen LogP contribution in [0.15, 0.2) is 77.8 Å². The highest BCUT2D eigenvalue weighted by atomic mass is 14.7. The third-order valence-corrected chi connectivity index (χ3v) is 3.55. The molecule has 0 radical (unpaired) electrons. The number of nitrogens with zero attached hydrogens (tertiary/aromatic N) is 1. The summed E-state index contributed by atoms with van der Waals surface area (Å²) in [6.07, 6.45) is 1.87. The first-order valence-corrected chi connectivity index (χ1v) is 7.27. The van der Waals surface area contributed by atoms with Crippen LogP contribution in [-0.2, 0) is 0 Å². The summed E-state index contributed by atoms with van der Waals surface area (Å²) in [6.45, 7) is 2.10. The first-order valence-electron chi connectivity index (χ1n) is 7.27. The molecule has 2 N–H and O–H groups in total. The van der Waals surface area contributed by atoms with Crippen molar-refractivity contribution < 1.29 is 0 Å². The van der Waals surface area contributed by atoms with E-state index < -0.39 is 0 Å². The minimum absolute atomic E-state index is 0.751. The normalized spacial score (nSPS) is 11.0. The standard InChI is InChI=1S/C20H18N2/c1-15-2-6-17(7-3-15)18-8-4-16(5-9-18)14-22-20-12-10-19(21)11-13-20/h2-14H,21H2,1H3. The molecule has 3 aromatic rings. The van der Waals surface area contributed by atoms with E-state index in [2.05, 4.69) is 60.4 Å². The number of hydrogen-bond donors (Lipinski definition) is 1. The maximum atomic E-state index is 5.66. The van der Waals surface area contributed by atoms with Crippen LogP contribution in [0.25, 0.3) is 11.1 Å². The topological polar surface area (TPSA) is 38.4 Å². The number of aryl methyl sites for hydroxylation is 1. The van der Waals surface area contributed by atoms with Gasteiger partial charge in [0.1, 0.15) is 0 Å². The van der Waals surface area contributed by atoms with Crippen molar-refractivity contribution in [3.63, 3.8) is 0 Å². The highest BCUT2D eigenvalue weighted by Gasteiger charge is 1.97. The molecular formula is C20H18N2. The van der Waals surface area contributed by atoms with Crippen LogP contribution in [0.5, 0.6) is 0 Å². The van der Waals surface area contributed by atoms with Gasteiger partial charge in [0, 0.05) is 11.9 Å². The van der Waals surface area contributed by atoms with Crippen LogP contribution < -0.4 is 5.73 Å². The number of benzene rings is 3. The zero-order valence-electron chi connectivity index (χ0n) is 12.5. The minimum Gasteiger partial charge on any atom is -0.399 e. The maximum Gasteiger partial charge on any atom is 0.0631 e. The third-order valence-electron chi connectivity index (χ3n) is 3.55. The first kappa shape index (κ1) is 14.1. The van der Waals surface area contributed by atoms with E-state index in [1.54, 1.807) is 0 Å². The molecule has 3 aromatic carbocycles. The van der Waals surface area contributed by atoms with Gasteiger partial charge in [-0.15, -0.1) is 0 Å². The molecule has 0 aromatic heterocycles. The van der Waals surface area contributed by atoms with E-state index in [9.17, 15) is 0 Å². The molecule has 0 aliphatic rings. The molecule has 0 saturated heterocycles. The van der Waals surface area contributed by atoms with E-state index in [1.807, 2.05) is 30.5 Å². The van der Waals surface area contributed by atoms with Gasteiger partial charge in [0.05, 0.1) is 5.69 Å². The van der Waals surface area contributed by atoms with Gasteiger partial charge in [0.2, 0.25) is 0 Å². The Kier molecular flexibility index (Phi) is 4.01. The van der Waals surface area contributed by atoms with Crippen LogP contribution in [0.4, 0.5) is 11.4 Å². The van der Waals surface area contributed by atoms with Gasteiger partial charge in [-0.1, -0.05) is 54.1 Å². The van der Waals surface area contributed by atoms with Crippen molar-refractivity contribution in [3.8, 4) is 11.1 Å². The molecule has 2 nitrogen and oxygen atoms in total. The van der Waals surface area contributed by atoms with E-state index in [0.717, 1.165) is 16.9 Å². The van der Waals surface area contributed by atoms with Gasteiger partial charge in [-0.05, 0) is 47.9 Å². The molecule has 108 valence electrons. The molecule has 0 unspecified atom stereocenters. The molecule has 0 fully saturated rings. The largest absolute Gasteiger partial charge is 0.399 e. The Balaban J connectivity index is 1.76. The van der Waals surface area contributed by atoms with Gasteiger partial charge < -0.3 is 5.73 Å². The Hall–Kier alpha value is -2.87. The van der Waals surface area contributed by atoms with Crippen molar-refractivity contribution in [2.75, 3.05) is 5.73 Å². The number of rotatable bonds is 3. The number of aliphatic imine (C=N–C) groups is 1. The molecule has 0 spiro atoms. The number of nitrogens with two attached hydrogens (primary N) is 1. The predicted molar refractivity (Wildman–Crippen MR) is 94.7 cm³/mol. The van der Waals surface area contributed by atoms with E-state index in [4.69, 9.17) is 5.73 Å². The summed E-state index contributed by atoms with van der Waals surface area (Å²) >= 11 is 0. The van der Waals surface area contributed by atoms with E-state index in [1.165, 1.54) is 16.7 Å². The molecule has 3 rings (SSSR count). The van der Waals surface area contributed by atoms with Gasteiger partial charge >= 0.3 is 0 Å². The van der Waals surface area contributed by atoms with Crippen molar-refractivity contribution in [1.29, 1.82) is 0 Å². The smallest absolute Gasteiger partial charge is 0.0631 e. The third kappa shape index (κ3) is 3.41. The van der Waals surface area contributed by atoms with Crippen LogP contribution >= 0.6 is 0 Å². The average Bonchev–Trinajstić information content (AvgIpc) is 2.56.